The summed E-state index contributed by atoms with van der Waals surface area (Å²) < 4.78 is 48.0. The molecule has 2 N–H and O–H groups in total. The molecule has 0 spiro atoms. The van der Waals surface area contributed by atoms with Gasteiger partial charge in [0.2, 0.25) is 0 Å². The quantitative estimate of drug-likeness (QED) is 0.629. The average Bonchev–Trinajstić information content (AvgIpc) is 2.89. The SMILES string of the molecule is C=CCOP1(=O)OC[C@H]2CC(n3cc(F)c(N)nc3=O)O[C@@H]2CO1. The minimum Gasteiger partial charge on any atom is -0.381 e. The second kappa shape index (κ2) is 6.73. The minimum absolute atomic E-state index is 0.0296. The van der Waals surface area contributed by atoms with Gasteiger partial charge in [-0.05, 0) is 0 Å². The summed E-state index contributed by atoms with van der Waals surface area (Å²) >= 11 is 0. The standard InChI is InChI=1S/C13H17FN3O6P/c1-2-3-20-24(19)21-6-8-4-11(23-10(8)7-22-24)17-5-9(14)12(15)16-13(17)18/h2,5,8,10-11H,1,3-4,6-7H2,(H2,15,16,18)/t8-,10-,11?,24?/m1/s1. The molecule has 9 nitrogen and oxygen atoms in total. The van der Waals surface area contributed by atoms with E-state index < -0.39 is 37.5 Å². The van der Waals surface area contributed by atoms with Crippen LogP contribution in [0.25, 0.3) is 0 Å². The van der Waals surface area contributed by atoms with Gasteiger partial charge in [0.1, 0.15) is 6.23 Å². The van der Waals surface area contributed by atoms with Crippen LogP contribution in [0.3, 0.4) is 0 Å². The number of aromatic nitrogens is 2. The highest BCUT2D eigenvalue weighted by molar-refractivity contribution is 7.48. The Morgan fingerprint density at radius 1 is 1.54 bits per heavy atom. The van der Waals surface area contributed by atoms with Crippen LogP contribution in [0.4, 0.5) is 10.2 Å². The molecule has 132 valence electrons. The van der Waals surface area contributed by atoms with E-state index in [-0.39, 0.29) is 25.7 Å². The third-order valence-corrected chi connectivity index (χ3v) is 5.20. The highest BCUT2D eigenvalue weighted by Crippen LogP contribution is 2.53. The lowest BCUT2D eigenvalue weighted by Gasteiger charge is -2.17. The molecule has 0 aliphatic carbocycles. The average molecular weight is 361 g/mol. The molecule has 0 amide bonds. The van der Waals surface area contributed by atoms with E-state index in [4.69, 9.17) is 24.0 Å². The molecule has 11 heteroatoms. The Morgan fingerprint density at radius 3 is 3.04 bits per heavy atom. The third-order valence-electron chi connectivity index (χ3n) is 3.80. The predicted molar refractivity (Wildman–Crippen MR) is 80.5 cm³/mol. The lowest BCUT2D eigenvalue weighted by molar-refractivity contribution is -0.0270. The molecule has 0 aromatic carbocycles. The van der Waals surface area contributed by atoms with Crippen molar-refractivity contribution in [3.8, 4) is 0 Å². The molecule has 24 heavy (non-hydrogen) atoms. The normalized spacial score (nSPS) is 33.0. The first-order valence-electron chi connectivity index (χ1n) is 7.26. The van der Waals surface area contributed by atoms with E-state index in [1.54, 1.807) is 0 Å². The van der Waals surface area contributed by atoms with Crippen LogP contribution < -0.4 is 11.4 Å². The highest BCUT2D eigenvalue weighted by atomic mass is 31.2. The number of hydrogen-bond donors (Lipinski definition) is 1. The van der Waals surface area contributed by atoms with Gasteiger partial charge in [0.05, 0.1) is 32.1 Å². The maximum absolute atomic E-state index is 13.6. The van der Waals surface area contributed by atoms with Gasteiger partial charge in [-0.2, -0.15) is 4.98 Å². The Balaban J connectivity index is 1.72. The fourth-order valence-electron chi connectivity index (χ4n) is 2.58. The predicted octanol–water partition coefficient (Wildman–Crippen LogP) is 1.23. The Bertz CT molecular complexity index is 721. The smallest absolute Gasteiger partial charge is 0.381 e. The van der Waals surface area contributed by atoms with E-state index in [0.29, 0.717) is 6.42 Å². The number of phosphoric ester groups is 1. The number of halogens is 1. The summed E-state index contributed by atoms with van der Waals surface area (Å²) in [5.74, 6) is -1.46. The Hall–Kier alpha value is -1.58. The number of nitrogen functional groups attached to an aromatic ring is 1. The van der Waals surface area contributed by atoms with E-state index in [2.05, 4.69) is 11.6 Å². The summed E-state index contributed by atoms with van der Waals surface area (Å²) in [5, 5.41) is 0. The number of phosphoric acid groups is 1. The third kappa shape index (κ3) is 3.42. The van der Waals surface area contributed by atoms with Crippen molar-refractivity contribution in [2.45, 2.75) is 18.8 Å². The van der Waals surface area contributed by atoms with Gasteiger partial charge in [-0.1, -0.05) is 6.08 Å². The first-order valence-corrected chi connectivity index (χ1v) is 8.72. The number of nitrogens with zero attached hydrogens (tertiary/aromatic N) is 2. The highest BCUT2D eigenvalue weighted by Gasteiger charge is 2.43. The van der Waals surface area contributed by atoms with Gasteiger partial charge < -0.3 is 10.5 Å². The van der Waals surface area contributed by atoms with Crippen LogP contribution >= 0.6 is 7.82 Å². The summed E-state index contributed by atoms with van der Waals surface area (Å²) in [6, 6.07) is 0. The number of fused-ring (bicyclic) bond motifs is 1. The van der Waals surface area contributed by atoms with Crippen molar-refractivity contribution in [1.82, 2.24) is 9.55 Å². The first-order chi connectivity index (χ1) is 11.4. The van der Waals surface area contributed by atoms with Crippen LogP contribution in [-0.2, 0) is 22.9 Å². The van der Waals surface area contributed by atoms with Crippen LogP contribution in [0.5, 0.6) is 0 Å². The molecule has 3 heterocycles. The van der Waals surface area contributed by atoms with Crippen molar-refractivity contribution in [2.24, 2.45) is 5.92 Å². The number of rotatable bonds is 4. The molecule has 0 bridgehead atoms. The van der Waals surface area contributed by atoms with Crippen LogP contribution in [-0.4, -0.2) is 35.5 Å². The second-order valence-corrected chi connectivity index (χ2v) is 7.08. The van der Waals surface area contributed by atoms with E-state index in [9.17, 15) is 13.8 Å². The van der Waals surface area contributed by atoms with Crippen LogP contribution in [0.1, 0.15) is 12.6 Å². The van der Waals surface area contributed by atoms with E-state index in [1.807, 2.05) is 0 Å². The van der Waals surface area contributed by atoms with Gasteiger partial charge in [0.15, 0.2) is 11.6 Å². The molecule has 2 saturated heterocycles. The van der Waals surface area contributed by atoms with Crippen molar-refractivity contribution in [2.75, 3.05) is 25.6 Å². The van der Waals surface area contributed by atoms with Crippen molar-refractivity contribution in [3.63, 3.8) is 0 Å². The summed E-state index contributed by atoms with van der Waals surface area (Å²) in [6.45, 7) is 3.52. The van der Waals surface area contributed by atoms with E-state index in [0.717, 1.165) is 10.8 Å². The molecule has 2 aliphatic rings. The minimum atomic E-state index is -3.65. The van der Waals surface area contributed by atoms with Gasteiger partial charge in [-0.25, -0.2) is 13.8 Å². The van der Waals surface area contributed by atoms with Crippen LogP contribution in [0.15, 0.2) is 23.6 Å². The van der Waals surface area contributed by atoms with Gasteiger partial charge in [-0.15, -0.1) is 6.58 Å². The Morgan fingerprint density at radius 2 is 2.29 bits per heavy atom. The van der Waals surface area contributed by atoms with Gasteiger partial charge in [0.25, 0.3) is 0 Å². The lowest BCUT2D eigenvalue weighted by Crippen LogP contribution is -2.29. The molecular weight excluding hydrogens is 344 g/mol. The molecule has 1 aromatic rings. The zero-order chi connectivity index (χ0) is 17.3. The number of hydrogen-bond acceptors (Lipinski definition) is 8. The van der Waals surface area contributed by atoms with Crippen LogP contribution in [0, 0.1) is 11.7 Å². The summed E-state index contributed by atoms with van der Waals surface area (Å²) in [7, 11) is -3.65. The van der Waals surface area contributed by atoms with Crippen molar-refractivity contribution < 1.29 is 27.3 Å². The number of nitrogens with two attached hydrogens (primary N) is 1. The van der Waals surface area contributed by atoms with Crippen molar-refractivity contribution >= 4 is 13.6 Å². The van der Waals surface area contributed by atoms with Crippen molar-refractivity contribution in [1.29, 1.82) is 0 Å². The van der Waals surface area contributed by atoms with Gasteiger partial charge in [-0.3, -0.25) is 18.1 Å². The summed E-state index contributed by atoms with van der Waals surface area (Å²) in [5.41, 5.74) is 4.55. The molecular formula is C13H17FN3O6P. The molecule has 3 rings (SSSR count). The molecule has 2 aliphatic heterocycles. The van der Waals surface area contributed by atoms with E-state index >= 15 is 0 Å². The molecule has 0 radical (unpaired) electrons. The number of anilines is 1. The monoisotopic (exact) mass is 361 g/mol. The Kier molecular flexibility index (Phi) is 4.84. The molecule has 1 aromatic heterocycles. The molecule has 4 atom stereocenters. The van der Waals surface area contributed by atoms with E-state index in [1.165, 1.54) is 6.08 Å². The first kappa shape index (κ1) is 17.2. The summed E-state index contributed by atoms with van der Waals surface area (Å²) in [6.07, 6.45) is 1.54. The molecule has 2 fully saturated rings. The lowest BCUT2D eigenvalue weighted by atomic mass is 10.0. The fourth-order valence-corrected chi connectivity index (χ4v) is 3.80. The van der Waals surface area contributed by atoms with Crippen molar-refractivity contribution in [3.05, 3.63) is 35.2 Å². The number of ether oxygens (including phenoxy) is 1. The maximum Gasteiger partial charge on any atom is 0.475 e. The maximum atomic E-state index is 13.6. The zero-order valence-electron chi connectivity index (χ0n) is 12.7. The van der Waals surface area contributed by atoms with Crippen LogP contribution in [0.2, 0.25) is 0 Å². The Labute approximate surface area is 136 Å². The van der Waals surface area contributed by atoms with Gasteiger partial charge >= 0.3 is 13.5 Å². The summed E-state index contributed by atoms with van der Waals surface area (Å²) in [4.78, 5) is 15.3. The zero-order valence-corrected chi connectivity index (χ0v) is 13.6. The fraction of sp³-hybridized carbons (Fsp3) is 0.538. The second-order valence-electron chi connectivity index (χ2n) is 5.41. The largest absolute Gasteiger partial charge is 0.475 e. The topological polar surface area (TPSA) is 115 Å². The van der Waals surface area contributed by atoms with Gasteiger partial charge in [0, 0.05) is 12.3 Å². The molecule has 2 unspecified atom stereocenters. The molecule has 0 saturated carbocycles.